The lowest BCUT2D eigenvalue weighted by Gasteiger charge is -2.21. The molecule has 3 N–H and O–H groups in total. The van der Waals surface area contributed by atoms with Gasteiger partial charge in [-0.2, -0.15) is 0 Å². The molecule has 0 bridgehead atoms. The van der Waals surface area contributed by atoms with Crippen molar-refractivity contribution in [3.05, 3.63) is 134 Å². The highest BCUT2D eigenvalue weighted by Crippen LogP contribution is 2.45. The number of rotatable bonds is 71. The molecule has 0 heterocycles. The fourth-order valence-corrected chi connectivity index (χ4v) is 11.4. The van der Waals surface area contributed by atoms with Crippen LogP contribution >= 0.6 is 15.6 Å². The van der Waals surface area contributed by atoms with E-state index < -0.39 is 97.5 Å². The Morgan fingerprint density at radius 3 is 0.890 bits per heavy atom. The fourth-order valence-electron chi connectivity index (χ4n) is 9.77. The lowest BCUT2D eigenvalue weighted by atomic mass is 10.1. The van der Waals surface area contributed by atoms with Gasteiger partial charge in [-0.25, -0.2) is 9.13 Å². The molecule has 0 aromatic rings. The van der Waals surface area contributed by atoms with Crippen LogP contribution < -0.4 is 0 Å². The highest BCUT2D eigenvalue weighted by molar-refractivity contribution is 7.47. The molecule has 0 aromatic heterocycles. The van der Waals surface area contributed by atoms with Gasteiger partial charge in [0.2, 0.25) is 0 Å². The number of aliphatic hydroxyl groups excluding tert-OH is 1. The van der Waals surface area contributed by atoms with Gasteiger partial charge in [-0.15, -0.1) is 0 Å². The summed E-state index contributed by atoms with van der Waals surface area (Å²) in [6.07, 6.45) is 80.2. The van der Waals surface area contributed by atoms with E-state index in [1.807, 2.05) is 12.2 Å². The highest BCUT2D eigenvalue weighted by Gasteiger charge is 2.30. The Bertz CT molecular complexity index is 2420. The number of allylic oxidation sites excluding steroid dienone is 22. The van der Waals surface area contributed by atoms with Crippen molar-refractivity contribution in [1.29, 1.82) is 0 Å². The molecule has 5 unspecified atom stereocenters. The number of phosphoric ester groups is 2. The summed E-state index contributed by atoms with van der Waals surface area (Å²) in [7, 11) is -9.98. The summed E-state index contributed by atoms with van der Waals surface area (Å²) in [5.74, 6) is -2.28. The van der Waals surface area contributed by atoms with Crippen molar-refractivity contribution in [2.45, 2.75) is 316 Å². The Kier molecular flexibility index (Phi) is 69.1. The van der Waals surface area contributed by atoms with E-state index in [0.29, 0.717) is 32.1 Å². The summed E-state index contributed by atoms with van der Waals surface area (Å²) in [4.78, 5) is 72.9. The summed E-state index contributed by atoms with van der Waals surface area (Å²) in [5.41, 5.74) is 0. The van der Waals surface area contributed by atoms with Crippen LogP contribution in [-0.2, 0) is 65.4 Å². The average Bonchev–Trinajstić information content (AvgIpc) is 0.943. The third-order valence-electron chi connectivity index (χ3n) is 15.6. The lowest BCUT2D eigenvalue weighted by Crippen LogP contribution is -2.30. The molecule has 0 fully saturated rings. The first-order valence-electron chi connectivity index (χ1n) is 38.4. The van der Waals surface area contributed by atoms with Crippen molar-refractivity contribution < 1.29 is 80.2 Å². The summed E-state index contributed by atoms with van der Waals surface area (Å²) < 4.78 is 68.4. The molecule has 0 aromatic carbocycles. The van der Waals surface area contributed by atoms with E-state index >= 15 is 0 Å². The summed E-state index contributed by atoms with van der Waals surface area (Å²) in [6.45, 7) is 4.46. The number of carbonyl (C=O) groups is 4. The quantitative estimate of drug-likeness (QED) is 0.0169. The normalized spacial score (nSPS) is 14.7. The molecular formula is C81H136O17P2. The van der Waals surface area contributed by atoms with Gasteiger partial charge in [0.05, 0.1) is 26.4 Å². The van der Waals surface area contributed by atoms with Gasteiger partial charge in [-0.05, 0) is 148 Å². The van der Waals surface area contributed by atoms with Gasteiger partial charge < -0.3 is 33.8 Å². The second-order valence-electron chi connectivity index (χ2n) is 25.2. The summed E-state index contributed by atoms with van der Waals surface area (Å²) in [6, 6.07) is 0. The standard InChI is InChI=1S/C81H136O17P2/c1-5-9-13-17-21-25-29-33-35-37-39-43-45-49-53-57-61-65-78(83)91-71-76(97-80(85)67-63-59-55-51-47-41-31-27-23-19-15-11-7-3)73-95-99(87,88)93-69-75(82)70-94-100(89,90)96-74-77(98-81(86)68-64-60-56-52-48-42-32-28-24-20-16-12-8-4)72-92-79(84)66-62-58-54-50-46-44-40-38-36-34-30-26-22-18-14-10-6-2/h9-10,13-15,19,21-22,25-28,31-36,40,44,50,54,75-77,82H,5-8,11-12,16-18,20,23-24,29-30,37-39,41-43,45-49,51-53,55-74H2,1-4H3,(H,87,88)(H,89,90)/b13-9-,14-10-,19-15-,25-21-,26-22-,31-27-,32-28-,35-33-,36-34-,44-40-,54-50-. The number of esters is 4. The molecule has 0 spiro atoms. The largest absolute Gasteiger partial charge is 0.472 e. The Labute approximate surface area is 605 Å². The van der Waals surface area contributed by atoms with Gasteiger partial charge in [0.25, 0.3) is 0 Å². The molecule has 0 amide bonds. The molecule has 5 atom stereocenters. The van der Waals surface area contributed by atoms with Gasteiger partial charge in [0, 0.05) is 25.7 Å². The van der Waals surface area contributed by atoms with Crippen LogP contribution in [0.25, 0.3) is 0 Å². The van der Waals surface area contributed by atoms with Crippen LogP contribution in [0.5, 0.6) is 0 Å². The van der Waals surface area contributed by atoms with Crippen molar-refractivity contribution in [3.8, 4) is 0 Å². The van der Waals surface area contributed by atoms with Crippen LogP contribution in [0.1, 0.15) is 297 Å². The zero-order valence-corrected chi connectivity index (χ0v) is 64.1. The molecule has 0 radical (unpaired) electrons. The first-order valence-corrected chi connectivity index (χ1v) is 41.4. The van der Waals surface area contributed by atoms with Crippen molar-refractivity contribution in [2.75, 3.05) is 39.6 Å². The zero-order valence-electron chi connectivity index (χ0n) is 62.3. The van der Waals surface area contributed by atoms with Crippen LogP contribution in [0.15, 0.2) is 134 Å². The van der Waals surface area contributed by atoms with E-state index in [1.165, 1.54) is 25.7 Å². The fraction of sp³-hybridized carbons (Fsp3) is 0.679. The number of carbonyl (C=O) groups excluding carboxylic acids is 4. The minimum Gasteiger partial charge on any atom is -0.462 e. The molecule has 0 aliphatic carbocycles. The minimum atomic E-state index is -4.99. The van der Waals surface area contributed by atoms with E-state index in [9.17, 15) is 43.2 Å². The Morgan fingerprint density at radius 2 is 0.550 bits per heavy atom. The number of unbranched alkanes of at least 4 members (excludes halogenated alkanes) is 23. The topological polar surface area (TPSA) is 237 Å². The van der Waals surface area contributed by atoms with Crippen LogP contribution in [0.2, 0.25) is 0 Å². The van der Waals surface area contributed by atoms with Crippen LogP contribution in [0, 0.1) is 0 Å². The first kappa shape index (κ1) is 95.2. The van der Waals surface area contributed by atoms with E-state index in [-0.39, 0.29) is 25.7 Å². The van der Waals surface area contributed by atoms with Gasteiger partial charge in [0.15, 0.2) is 12.2 Å². The molecule has 0 saturated heterocycles. The second kappa shape index (κ2) is 72.5. The third kappa shape index (κ3) is 71.6. The minimum absolute atomic E-state index is 0.0696. The average molecular weight is 1440 g/mol. The van der Waals surface area contributed by atoms with Crippen LogP contribution in [-0.4, -0.2) is 96.7 Å². The predicted octanol–water partition coefficient (Wildman–Crippen LogP) is 22.1. The smallest absolute Gasteiger partial charge is 0.462 e. The van der Waals surface area contributed by atoms with Crippen molar-refractivity contribution in [3.63, 3.8) is 0 Å². The SMILES string of the molecule is CC/C=C\C/C=C\C/C=C\C/C=C\C/C=C\CCCC(=O)OCC(COP(=O)(O)OCC(O)COP(=O)(O)OCC(COC(=O)CCCCCCCCC/C=C\C/C=C\C/C=C\CC)OC(=O)CCCCCCC/C=C\C/C=C\CCC)OC(=O)CCCCCCC/C=C\CCCCCC. The molecule has 0 rings (SSSR count). The van der Waals surface area contributed by atoms with E-state index in [2.05, 4.69) is 149 Å². The Morgan fingerprint density at radius 1 is 0.290 bits per heavy atom. The first-order chi connectivity index (χ1) is 48.7. The maximum Gasteiger partial charge on any atom is 0.472 e. The third-order valence-corrected chi connectivity index (χ3v) is 17.5. The lowest BCUT2D eigenvalue weighted by molar-refractivity contribution is -0.161. The van der Waals surface area contributed by atoms with Crippen molar-refractivity contribution in [2.24, 2.45) is 0 Å². The number of hydrogen-bond donors (Lipinski definition) is 3. The maximum atomic E-state index is 13.1. The van der Waals surface area contributed by atoms with E-state index in [4.69, 9.17) is 37.0 Å². The summed E-state index contributed by atoms with van der Waals surface area (Å²) in [5, 5.41) is 10.6. The molecule has 17 nitrogen and oxygen atoms in total. The second-order valence-corrected chi connectivity index (χ2v) is 28.1. The van der Waals surface area contributed by atoms with Crippen molar-refractivity contribution >= 4 is 39.5 Å². The van der Waals surface area contributed by atoms with Gasteiger partial charge in [-0.3, -0.25) is 37.3 Å². The monoisotopic (exact) mass is 1440 g/mol. The molecule has 0 aliphatic rings. The number of aliphatic hydroxyl groups is 1. The molecule has 19 heteroatoms. The molecule has 572 valence electrons. The van der Waals surface area contributed by atoms with Gasteiger partial charge >= 0.3 is 39.5 Å². The number of ether oxygens (including phenoxy) is 4. The molecular weight excluding hydrogens is 1310 g/mol. The van der Waals surface area contributed by atoms with Gasteiger partial charge in [-0.1, -0.05) is 258 Å². The van der Waals surface area contributed by atoms with Crippen molar-refractivity contribution in [1.82, 2.24) is 0 Å². The van der Waals surface area contributed by atoms with Crippen LogP contribution in [0.3, 0.4) is 0 Å². The zero-order chi connectivity index (χ0) is 73.2. The predicted molar refractivity (Wildman–Crippen MR) is 408 cm³/mol. The number of phosphoric acid groups is 2. The van der Waals surface area contributed by atoms with Gasteiger partial charge in [0.1, 0.15) is 19.3 Å². The molecule has 0 aliphatic heterocycles. The molecule has 0 saturated carbocycles. The van der Waals surface area contributed by atoms with E-state index in [0.717, 1.165) is 186 Å². The van der Waals surface area contributed by atoms with Crippen LogP contribution in [0.4, 0.5) is 0 Å². The number of hydrogen-bond acceptors (Lipinski definition) is 15. The highest BCUT2D eigenvalue weighted by atomic mass is 31.2. The Hall–Kier alpha value is -4.80. The van der Waals surface area contributed by atoms with E-state index in [1.54, 1.807) is 0 Å². The Balaban J connectivity index is 5.40. The molecule has 100 heavy (non-hydrogen) atoms. The maximum absolute atomic E-state index is 13.1. The summed E-state index contributed by atoms with van der Waals surface area (Å²) >= 11 is 0.